The zero-order chi connectivity index (χ0) is 12.8. The van der Waals surface area contributed by atoms with Crippen LogP contribution in [0.5, 0.6) is 5.75 Å². The largest absolute Gasteiger partial charge is 0.492 e. The molecule has 2 rings (SSSR count). The summed E-state index contributed by atoms with van der Waals surface area (Å²) < 4.78 is 10.9. The van der Waals surface area contributed by atoms with Gasteiger partial charge in [0.1, 0.15) is 11.9 Å². The van der Waals surface area contributed by atoms with Gasteiger partial charge in [0.2, 0.25) is 0 Å². The average Bonchev–Trinajstić information content (AvgIpc) is 2.45. The Morgan fingerprint density at radius 3 is 3.22 bits per heavy atom. The van der Waals surface area contributed by atoms with Gasteiger partial charge in [-0.15, -0.1) is 0 Å². The molecule has 5 heteroatoms. The topological polar surface area (TPSA) is 60.5 Å². The number of pyridine rings is 1. The zero-order valence-corrected chi connectivity index (χ0v) is 10.5. The molecule has 0 bridgehead atoms. The molecule has 0 spiro atoms. The minimum Gasteiger partial charge on any atom is -0.492 e. The fourth-order valence-corrected chi connectivity index (χ4v) is 1.77. The van der Waals surface area contributed by atoms with Crippen molar-refractivity contribution < 1.29 is 14.3 Å². The lowest BCUT2D eigenvalue weighted by molar-refractivity contribution is 0.0269. The molecular weight excluding hydrogens is 232 g/mol. The molecule has 1 saturated heterocycles. The van der Waals surface area contributed by atoms with Crippen molar-refractivity contribution in [3.63, 3.8) is 0 Å². The Morgan fingerprint density at radius 1 is 1.61 bits per heavy atom. The second kappa shape index (κ2) is 6.47. The van der Waals surface area contributed by atoms with Gasteiger partial charge in [0.15, 0.2) is 5.78 Å². The Bertz CT molecular complexity index is 403. The van der Waals surface area contributed by atoms with E-state index in [1.54, 1.807) is 18.5 Å². The molecule has 1 aromatic rings. The predicted molar refractivity (Wildman–Crippen MR) is 67.0 cm³/mol. The number of nitrogens with one attached hydrogen (secondary N) is 1. The summed E-state index contributed by atoms with van der Waals surface area (Å²) in [7, 11) is 0. The van der Waals surface area contributed by atoms with Crippen molar-refractivity contribution in [3.8, 4) is 5.75 Å². The van der Waals surface area contributed by atoms with E-state index in [9.17, 15) is 4.79 Å². The first-order valence-electron chi connectivity index (χ1n) is 6.25. The highest BCUT2D eigenvalue weighted by Crippen LogP contribution is 2.14. The molecule has 1 aromatic heterocycles. The minimum absolute atomic E-state index is 0.0448. The second-order valence-corrected chi connectivity index (χ2v) is 4.19. The maximum atomic E-state index is 12.2. The van der Waals surface area contributed by atoms with Gasteiger partial charge in [0.25, 0.3) is 0 Å². The van der Waals surface area contributed by atoms with Crippen molar-refractivity contribution in [1.29, 1.82) is 0 Å². The molecular formula is C13H18N2O3. The van der Waals surface area contributed by atoms with Crippen LogP contribution in [0.15, 0.2) is 18.5 Å². The quantitative estimate of drug-likeness (QED) is 0.791. The van der Waals surface area contributed by atoms with Crippen molar-refractivity contribution in [1.82, 2.24) is 10.3 Å². The zero-order valence-electron chi connectivity index (χ0n) is 10.5. The highest BCUT2D eigenvalue weighted by molar-refractivity contribution is 5.99. The number of morpholine rings is 1. The van der Waals surface area contributed by atoms with Gasteiger partial charge in [-0.25, -0.2) is 0 Å². The summed E-state index contributed by atoms with van der Waals surface area (Å²) in [5, 5.41) is 3.14. The lowest BCUT2D eigenvalue weighted by Crippen LogP contribution is -2.43. The SMILES string of the molecule is CCCOc1cncc(C(=O)C2CNCCO2)c1. The van der Waals surface area contributed by atoms with E-state index in [0.717, 1.165) is 13.0 Å². The van der Waals surface area contributed by atoms with Crippen molar-refractivity contribution >= 4 is 5.78 Å². The first-order valence-corrected chi connectivity index (χ1v) is 6.25. The number of hydrogen-bond acceptors (Lipinski definition) is 5. The van der Waals surface area contributed by atoms with Gasteiger partial charge in [-0.2, -0.15) is 0 Å². The van der Waals surface area contributed by atoms with Gasteiger partial charge in [0, 0.05) is 24.8 Å². The third-order valence-corrected chi connectivity index (χ3v) is 2.69. The van der Waals surface area contributed by atoms with Crippen LogP contribution < -0.4 is 10.1 Å². The highest BCUT2D eigenvalue weighted by Gasteiger charge is 2.23. The molecule has 1 N–H and O–H groups in total. The normalized spacial score (nSPS) is 19.5. The smallest absolute Gasteiger partial charge is 0.194 e. The molecule has 0 saturated carbocycles. The van der Waals surface area contributed by atoms with Crippen LogP contribution in [-0.4, -0.2) is 43.2 Å². The van der Waals surface area contributed by atoms with Crippen molar-refractivity contribution in [2.45, 2.75) is 19.4 Å². The maximum Gasteiger partial charge on any atom is 0.194 e. The van der Waals surface area contributed by atoms with Crippen molar-refractivity contribution in [2.24, 2.45) is 0 Å². The summed E-state index contributed by atoms with van der Waals surface area (Å²) in [5.74, 6) is 0.586. The Hall–Kier alpha value is -1.46. The molecule has 0 aliphatic carbocycles. The Balaban J connectivity index is 2.04. The van der Waals surface area contributed by atoms with Gasteiger partial charge in [0.05, 0.1) is 19.4 Å². The molecule has 98 valence electrons. The number of hydrogen-bond donors (Lipinski definition) is 1. The van der Waals surface area contributed by atoms with E-state index >= 15 is 0 Å². The van der Waals surface area contributed by atoms with Gasteiger partial charge in [-0.1, -0.05) is 6.92 Å². The first-order chi connectivity index (χ1) is 8.81. The van der Waals surface area contributed by atoms with Crippen LogP contribution in [0.2, 0.25) is 0 Å². The van der Waals surface area contributed by atoms with Crippen LogP contribution in [0.3, 0.4) is 0 Å². The minimum atomic E-state index is -0.415. The number of carbonyl (C=O) groups excluding carboxylic acids is 1. The number of rotatable bonds is 5. The van der Waals surface area contributed by atoms with Crippen LogP contribution in [0.25, 0.3) is 0 Å². The summed E-state index contributed by atoms with van der Waals surface area (Å²) >= 11 is 0. The van der Waals surface area contributed by atoms with E-state index in [0.29, 0.717) is 31.1 Å². The summed E-state index contributed by atoms with van der Waals surface area (Å²) in [6, 6.07) is 1.73. The van der Waals surface area contributed by atoms with Crippen LogP contribution in [0.4, 0.5) is 0 Å². The number of Topliss-reactive ketones (excluding diaryl/α,β-unsaturated/α-hetero) is 1. The number of nitrogens with zero attached hydrogens (tertiary/aromatic N) is 1. The van der Waals surface area contributed by atoms with Crippen molar-refractivity contribution in [3.05, 3.63) is 24.0 Å². The van der Waals surface area contributed by atoms with Crippen LogP contribution in [0, 0.1) is 0 Å². The summed E-state index contributed by atoms with van der Waals surface area (Å²) in [5.41, 5.74) is 0.539. The standard InChI is InChI=1S/C13H18N2O3/c1-2-4-17-11-6-10(7-15-8-11)13(16)12-9-14-3-5-18-12/h6-8,12,14H,2-5,9H2,1H3. The molecule has 18 heavy (non-hydrogen) atoms. The van der Waals surface area contributed by atoms with E-state index in [1.807, 2.05) is 6.92 Å². The molecule has 1 aliphatic rings. The van der Waals surface area contributed by atoms with Gasteiger partial charge in [-0.3, -0.25) is 9.78 Å². The molecule has 1 fully saturated rings. The second-order valence-electron chi connectivity index (χ2n) is 4.19. The lowest BCUT2D eigenvalue weighted by Gasteiger charge is -2.22. The van der Waals surface area contributed by atoms with E-state index in [4.69, 9.17) is 9.47 Å². The highest BCUT2D eigenvalue weighted by atomic mass is 16.5. The first kappa shape index (κ1) is 13.0. The maximum absolute atomic E-state index is 12.2. The summed E-state index contributed by atoms with van der Waals surface area (Å²) in [6.07, 6.45) is 3.68. The molecule has 1 unspecified atom stereocenters. The lowest BCUT2D eigenvalue weighted by atomic mass is 10.1. The van der Waals surface area contributed by atoms with E-state index in [2.05, 4.69) is 10.3 Å². The third kappa shape index (κ3) is 3.27. The predicted octanol–water partition coefficient (Wildman–Crippen LogP) is 1.04. The van der Waals surface area contributed by atoms with Gasteiger partial charge < -0.3 is 14.8 Å². The molecule has 5 nitrogen and oxygen atoms in total. The molecule has 1 aliphatic heterocycles. The molecule has 1 atom stereocenters. The third-order valence-electron chi connectivity index (χ3n) is 2.69. The van der Waals surface area contributed by atoms with Gasteiger partial charge in [-0.05, 0) is 12.5 Å². The fourth-order valence-electron chi connectivity index (χ4n) is 1.77. The van der Waals surface area contributed by atoms with Gasteiger partial charge >= 0.3 is 0 Å². The molecule has 0 aromatic carbocycles. The van der Waals surface area contributed by atoms with Crippen LogP contribution >= 0.6 is 0 Å². The number of aromatic nitrogens is 1. The Labute approximate surface area is 107 Å². The number of ether oxygens (including phenoxy) is 2. The van der Waals surface area contributed by atoms with Crippen molar-refractivity contribution in [2.75, 3.05) is 26.3 Å². The summed E-state index contributed by atoms with van der Waals surface area (Å²) in [6.45, 7) is 4.57. The van der Waals surface area contributed by atoms with Crippen LogP contribution in [0.1, 0.15) is 23.7 Å². The van der Waals surface area contributed by atoms with E-state index < -0.39 is 6.10 Å². The Morgan fingerprint density at radius 2 is 2.50 bits per heavy atom. The molecule has 0 amide bonds. The van der Waals surface area contributed by atoms with Crippen LogP contribution in [-0.2, 0) is 4.74 Å². The number of ketones is 1. The molecule has 2 heterocycles. The monoisotopic (exact) mass is 250 g/mol. The van der Waals surface area contributed by atoms with E-state index in [-0.39, 0.29) is 5.78 Å². The summed E-state index contributed by atoms with van der Waals surface area (Å²) in [4.78, 5) is 16.2. The van der Waals surface area contributed by atoms with E-state index in [1.165, 1.54) is 0 Å². The number of carbonyl (C=O) groups is 1. The average molecular weight is 250 g/mol. The Kier molecular flexibility index (Phi) is 4.66. The fraction of sp³-hybridized carbons (Fsp3) is 0.538. The molecule has 0 radical (unpaired) electrons.